The third kappa shape index (κ3) is 3.35. The molecule has 1 N–H and O–H groups in total. The summed E-state index contributed by atoms with van der Waals surface area (Å²) in [7, 11) is 0. The summed E-state index contributed by atoms with van der Waals surface area (Å²) >= 11 is 0. The van der Waals surface area contributed by atoms with Crippen molar-refractivity contribution in [3.63, 3.8) is 0 Å². The number of ether oxygens (including phenoxy) is 2. The molecule has 1 atom stereocenters. The number of amides is 1. The summed E-state index contributed by atoms with van der Waals surface area (Å²) in [4.78, 5) is 13.5. The second-order valence-electron chi connectivity index (χ2n) is 4.32. The number of hydrogen-bond acceptors (Lipinski definition) is 4. The number of carbonyl (C=O) groups excluding carboxylic acids is 1. The van der Waals surface area contributed by atoms with Gasteiger partial charge < -0.3 is 19.7 Å². The molecule has 0 aromatic carbocycles. The molecule has 2 fully saturated rings. The van der Waals surface area contributed by atoms with Gasteiger partial charge in [-0.1, -0.05) is 0 Å². The van der Waals surface area contributed by atoms with Gasteiger partial charge in [0.05, 0.1) is 6.61 Å². The van der Waals surface area contributed by atoms with Gasteiger partial charge in [0.1, 0.15) is 12.7 Å². The van der Waals surface area contributed by atoms with Crippen LogP contribution >= 0.6 is 0 Å². The van der Waals surface area contributed by atoms with Crippen LogP contribution in [0.3, 0.4) is 0 Å². The molecule has 1 unspecified atom stereocenters. The summed E-state index contributed by atoms with van der Waals surface area (Å²) in [6, 6.07) is 0. The second kappa shape index (κ2) is 6.06. The number of morpholine rings is 1. The van der Waals surface area contributed by atoms with Crippen LogP contribution in [0.4, 0.5) is 4.79 Å². The molecule has 1 amide bonds. The van der Waals surface area contributed by atoms with Crippen molar-refractivity contribution in [1.29, 1.82) is 0 Å². The lowest BCUT2D eigenvalue weighted by molar-refractivity contribution is -0.0192. The quantitative estimate of drug-likeness (QED) is 0.752. The van der Waals surface area contributed by atoms with Gasteiger partial charge in [0.25, 0.3) is 0 Å². The van der Waals surface area contributed by atoms with Crippen molar-refractivity contribution >= 4 is 6.09 Å². The zero-order valence-electron chi connectivity index (χ0n) is 9.61. The number of hydrogen-bond donors (Lipinski definition) is 1. The molecule has 92 valence electrons. The van der Waals surface area contributed by atoms with Crippen LogP contribution in [0.1, 0.15) is 19.3 Å². The van der Waals surface area contributed by atoms with E-state index in [-0.39, 0.29) is 12.2 Å². The predicted octanol–water partition coefficient (Wildman–Crippen LogP) is 0.597. The van der Waals surface area contributed by atoms with E-state index in [1.165, 1.54) is 6.42 Å². The Kier molecular flexibility index (Phi) is 4.42. The van der Waals surface area contributed by atoms with Gasteiger partial charge in [-0.2, -0.15) is 0 Å². The van der Waals surface area contributed by atoms with E-state index in [9.17, 15) is 4.79 Å². The Morgan fingerprint density at radius 2 is 2.19 bits per heavy atom. The van der Waals surface area contributed by atoms with Crippen molar-refractivity contribution in [2.45, 2.75) is 25.4 Å². The highest BCUT2D eigenvalue weighted by atomic mass is 16.6. The fourth-order valence-corrected chi connectivity index (χ4v) is 2.06. The van der Waals surface area contributed by atoms with Gasteiger partial charge in [-0.25, -0.2) is 4.79 Å². The van der Waals surface area contributed by atoms with Crippen molar-refractivity contribution in [2.75, 3.05) is 39.4 Å². The summed E-state index contributed by atoms with van der Waals surface area (Å²) in [6.45, 7) is 4.39. The topological polar surface area (TPSA) is 50.8 Å². The minimum Gasteiger partial charge on any atom is -0.447 e. The van der Waals surface area contributed by atoms with E-state index < -0.39 is 0 Å². The first-order chi connectivity index (χ1) is 7.86. The van der Waals surface area contributed by atoms with Crippen LogP contribution in [0.15, 0.2) is 0 Å². The highest BCUT2D eigenvalue weighted by Crippen LogP contribution is 2.10. The lowest BCUT2D eigenvalue weighted by Gasteiger charge is -2.28. The largest absolute Gasteiger partial charge is 0.447 e. The van der Waals surface area contributed by atoms with Crippen molar-refractivity contribution in [3.05, 3.63) is 0 Å². The minimum absolute atomic E-state index is 0.0162. The molecule has 2 rings (SSSR count). The summed E-state index contributed by atoms with van der Waals surface area (Å²) < 4.78 is 10.7. The summed E-state index contributed by atoms with van der Waals surface area (Å²) in [5.74, 6) is 0. The van der Waals surface area contributed by atoms with Crippen LogP contribution in [0, 0.1) is 0 Å². The molecule has 0 aromatic rings. The van der Waals surface area contributed by atoms with E-state index >= 15 is 0 Å². The zero-order valence-corrected chi connectivity index (χ0v) is 9.61. The Labute approximate surface area is 96.1 Å². The van der Waals surface area contributed by atoms with Crippen LogP contribution in [0.2, 0.25) is 0 Å². The predicted molar refractivity (Wildman–Crippen MR) is 59.4 cm³/mol. The van der Waals surface area contributed by atoms with Crippen molar-refractivity contribution in [2.24, 2.45) is 0 Å². The van der Waals surface area contributed by atoms with Gasteiger partial charge in [-0.15, -0.1) is 0 Å². The molecule has 5 heteroatoms. The van der Waals surface area contributed by atoms with E-state index in [2.05, 4.69) is 5.32 Å². The SMILES string of the molecule is O=C(OCC1CNCCO1)N1CCCCC1. The summed E-state index contributed by atoms with van der Waals surface area (Å²) in [5, 5.41) is 3.21. The molecule has 2 saturated heterocycles. The number of likely N-dealkylation sites (tertiary alicyclic amines) is 1. The van der Waals surface area contributed by atoms with E-state index in [0.29, 0.717) is 13.2 Å². The summed E-state index contributed by atoms with van der Waals surface area (Å²) in [5.41, 5.74) is 0. The number of nitrogens with zero attached hydrogens (tertiary/aromatic N) is 1. The van der Waals surface area contributed by atoms with E-state index in [1.807, 2.05) is 0 Å². The highest BCUT2D eigenvalue weighted by Gasteiger charge is 2.20. The van der Waals surface area contributed by atoms with Gasteiger partial charge >= 0.3 is 6.09 Å². The van der Waals surface area contributed by atoms with Crippen LogP contribution < -0.4 is 5.32 Å². The van der Waals surface area contributed by atoms with Crippen LogP contribution in [-0.2, 0) is 9.47 Å². The maximum atomic E-state index is 11.7. The fourth-order valence-electron chi connectivity index (χ4n) is 2.06. The Bertz CT molecular complexity index is 223. The Hall–Kier alpha value is -0.810. The third-order valence-corrected chi connectivity index (χ3v) is 3.01. The van der Waals surface area contributed by atoms with Crippen LogP contribution in [0.25, 0.3) is 0 Å². The molecule has 0 spiro atoms. The van der Waals surface area contributed by atoms with Crippen molar-refractivity contribution in [3.8, 4) is 0 Å². The van der Waals surface area contributed by atoms with Gasteiger partial charge in [0.15, 0.2) is 0 Å². The molecule has 16 heavy (non-hydrogen) atoms. The fraction of sp³-hybridized carbons (Fsp3) is 0.909. The first kappa shape index (κ1) is 11.7. The lowest BCUT2D eigenvalue weighted by Crippen LogP contribution is -2.43. The van der Waals surface area contributed by atoms with E-state index in [4.69, 9.17) is 9.47 Å². The average Bonchev–Trinajstić information content (AvgIpc) is 2.38. The second-order valence-corrected chi connectivity index (χ2v) is 4.32. The number of rotatable bonds is 2. The molecule has 0 saturated carbocycles. The first-order valence-corrected chi connectivity index (χ1v) is 6.10. The molecule has 5 nitrogen and oxygen atoms in total. The average molecular weight is 228 g/mol. The van der Waals surface area contributed by atoms with Crippen LogP contribution in [0.5, 0.6) is 0 Å². The molecular formula is C11H20N2O3. The highest BCUT2D eigenvalue weighted by molar-refractivity contribution is 5.67. The zero-order chi connectivity index (χ0) is 11.2. The van der Waals surface area contributed by atoms with Crippen molar-refractivity contribution in [1.82, 2.24) is 10.2 Å². The molecule has 2 aliphatic rings. The lowest BCUT2D eigenvalue weighted by atomic mass is 10.1. The van der Waals surface area contributed by atoms with Gasteiger partial charge in [0.2, 0.25) is 0 Å². The smallest absolute Gasteiger partial charge is 0.409 e. The Morgan fingerprint density at radius 1 is 1.38 bits per heavy atom. The maximum absolute atomic E-state index is 11.7. The molecule has 0 bridgehead atoms. The molecule has 0 aliphatic carbocycles. The van der Waals surface area contributed by atoms with Crippen molar-refractivity contribution < 1.29 is 14.3 Å². The monoisotopic (exact) mass is 228 g/mol. The number of nitrogens with one attached hydrogen (secondary N) is 1. The van der Waals surface area contributed by atoms with E-state index in [1.54, 1.807) is 4.90 Å². The number of piperidine rings is 1. The molecule has 2 heterocycles. The van der Waals surface area contributed by atoms with Gasteiger partial charge in [0, 0.05) is 26.2 Å². The first-order valence-electron chi connectivity index (χ1n) is 6.10. The van der Waals surface area contributed by atoms with E-state index in [0.717, 1.165) is 39.0 Å². The minimum atomic E-state index is -0.186. The maximum Gasteiger partial charge on any atom is 0.409 e. The molecule has 0 aromatic heterocycles. The molecule has 2 aliphatic heterocycles. The van der Waals surface area contributed by atoms with Crippen LogP contribution in [-0.4, -0.2) is 56.5 Å². The molecule has 0 radical (unpaired) electrons. The van der Waals surface area contributed by atoms with Gasteiger partial charge in [-0.05, 0) is 19.3 Å². The number of carbonyl (C=O) groups is 1. The Balaban J connectivity index is 1.65. The molecular weight excluding hydrogens is 208 g/mol. The van der Waals surface area contributed by atoms with Gasteiger partial charge in [-0.3, -0.25) is 0 Å². The standard InChI is InChI=1S/C11H20N2O3/c14-11(13-5-2-1-3-6-13)16-9-10-8-12-4-7-15-10/h10,12H,1-9H2. The normalized spacial score (nSPS) is 26.5. The third-order valence-electron chi connectivity index (χ3n) is 3.01. The Morgan fingerprint density at radius 3 is 2.88 bits per heavy atom. The summed E-state index contributed by atoms with van der Waals surface area (Å²) in [6.07, 6.45) is 3.24.